The van der Waals surface area contributed by atoms with Crippen LogP contribution in [0.25, 0.3) is 0 Å². The van der Waals surface area contributed by atoms with Crippen molar-refractivity contribution in [2.24, 2.45) is 0 Å². The summed E-state index contributed by atoms with van der Waals surface area (Å²) in [6.45, 7) is 2.11. The molecule has 1 aliphatic rings. The molecule has 0 bridgehead atoms. The fourth-order valence-corrected chi connectivity index (χ4v) is 4.39. The third kappa shape index (κ3) is 2.69. The molecule has 0 radical (unpaired) electrons. The molecule has 0 N–H and O–H groups in total. The molecule has 0 saturated carbocycles. The van der Waals surface area contributed by atoms with Gasteiger partial charge in [0.05, 0.1) is 16.1 Å². The molecule has 2 aromatic carbocycles. The molecule has 122 valence electrons. The van der Waals surface area contributed by atoms with Gasteiger partial charge < -0.3 is 0 Å². The molecule has 1 atom stereocenters. The van der Waals surface area contributed by atoms with Crippen LogP contribution < -0.4 is 4.31 Å². The number of anilines is 1. The lowest BCUT2D eigenvalue weighted by Crippen LogP contribution is -2.29. The summed E-state index contributed by atoms with van der Waals surface area (Å²) in [6.07, 6.45) is -4.58. The Bertz CT molecular complexity index is 846. The van der Waals surface area contributed by atoms with Crippen LogP contribution in [0.15, 0.2) is 53.4 Å². The van der Waals surface area contributed by atoms with E-state index < -0.39 is 21.8 Å². The second kappa shape index (κ2) is 5.26. The summed E-state index contributed by atoms with van der Waals surface area (Å²) in [4.78, 5) is -0.351. The van der Waals surface area contributed by atoms with E-state index in [1.807, 2.05) is 19.1 Å². The Kier molecular flexibility index (Phi) is 3.63. The molecule has 1 aliphatic heterocycles. The van der Waals surface area contributed by atoms with E-state index in [2.05, 4.69) is 0 Å². The first-order valence-corrected chi connectivity index (χ1v) is 8.44. The summed E-state index contributed by atoms with van der Waals surface area (Å²) in [6, 6.07) is 10.9. The van der Waals surface area contributed by atoms with Crippen LogP contribution >= 0.6 is 0 Å². The summed E-state index contributed by atoms with van der Waals surface area (Å²) in [5.74, 6) is -0.00762. The topological polar surface area (TPSA) is 37.4 Å². The maximum Gasteiger partial charge on any atom is 0.416 e. The van der Waals surface area contributed by atoms with Crippen LogP contribution in [0.1, 0.15) is 24.0 Å². The van der Waals surface area contributed by atoms with Crippen molar-refractivity contribution >= 4 is 15.7 Å². The van der Waals surface area contributed by atoms with Gasteiger partial charge in [-0.1, -0.05) is 31.2 Å². The number of para-hydroxylation sites is 1. The monoisotopic (exact) mass is 341 g/mol. The lowest BCUT2D eigenvalue weighted by molar-refractivity contribution is -0.137. The molecular weight excluding hydrogens is 327 g/mol. The molecular formula is C16H14F3NO2S. The van der Waals surface area contributed by atoms with E-state index in [1.54, 1.807) is 12.1 Å². The summed E-state index contributed by atoms with van der Waals surface area (Å²) >= 11 is 0. The van der Waals surface area contributed by atoms with E-state index >= 15 is 0 Å². The van der Waals surface area contributed by atoms with Gasteiger partial charge in [0.25, 0.3) is 10.0 Å². The van der Waals surface area contributed by atoms with Crippen molar-refractivity contribution in [3.8, 4) is 0 Å². The van der Waals surface area contributed by atoms with Crippen molar-refractivity contribution in [2.75, 3.05) is 10.8 Å². The zero-order valence-electron chi connectivity index (χ0n) is 12.2. The van der Waals surface area contributed by atoms with E-state index in [-0.39, 0.29) is 17.4 Å². The van der Waals surface area contributed by atoms with Crippen LogP contribution in [-0.4, -0.2) is 15.0 Å². The Balaban J connectivity index is 2.07. The van der Waals surface area contributed by atoms with E-state index in [0.29, 0.717) is 11.8 Å². The van der Waals surface area contributed by atoms with E-state index in [9.17, 15) is 21.6 Å². The van der Waals surface area contributed by atoms with Gasteiger partial charge in [-0.3, -0.25) is 4.31 Å². The minimum atomic E-state index is -4.58. The molecule has 1 heterocycles. The Labute approximate surface area is 132 Å². The maximum absolute atomic E-state index is 12.8. The van der Waals surface area contributed by atoms with Gasteiger partial charge in [0.1, 0.15) is 0 Å². The molecule has 2 aromatic rings. The molecule has 0 amide bonds. The highest BCUT2D eigenvalue weighted by Crippen LogP contribution is 2.39. The van der Waals surface area contributed by atoms with Crippen molar-refractivity contribution in [1.82, 2.24) is 0 Å². The van der Waals surface area contributed by atoms with Crippen molar-refractivity contribution in [2.45, 2.75) is 23.9 Å². The lowest BCUT2D eigenvalue weighted by Gasteiger charge is -2.20. The number of sulfonamides is 1. The summed E-state index contributed by atoms with van der Waals surface area (Å²) in [5.41, 5.74) is 0.430. The van der Waals surface area contributed by atoms with Gasteiger partial charge in [-0.25, -0.2) is 8.42 Å². The predicted octanol–water partition coefficient (Wildman–Crippen LogP) is 4.02. The third-order valence-corrected chi connectivity index (χ3v) is 5.70. The second-order valence-corrected chi connectivity index (χ2v) is 7.38. The standard InChI is InChI=1S/C16H14F3NO2S/c1-11-10-20(15-8-3-2-7-14(11)15)23(21,22)13-6-4-5-12(9-13)16(17,18)19/h2-9,11H,10H2,1H3. The fraction of sp³-hybridized carbons (Fsp3) is 0.250. The number of fused-ring (bicyclic) bond motifs is 1. The third-order valence-electron chi connectivity index (χ3n) is 3.93. The average molecular weight is 341 g/mol. The molecule has 23 heavy (non-hydrogen) atoms. The van der Waals surface area contributed by atoms with Gasteiger partial charge in [-0.05, 0) is 29.8 Å². The van der Waals surface area contributed by atoms with E-state index in [4.69, 9.17) is 0 Å². The Morgan fingerprint density at radius 1 is 1.09 bits per heavy atom. The van der Waals surface area contributed by atoms with Crippen molar-refractivity contribution < 1.29 is 21.6 Å². The minimum absolute atomic E-state index is 0.00762. The first kappa shape index (κ1) is 15.9. The van der Waals surface area contributed by atoms with Crippen LogP contribution in [0.5, 0.6) is 0 Å². The molecule has 3 nitrogen and oxygen atoms in total. The molecule has 0 fully saturated rings. The predicted molar refractivity (Wildman–Crippen MR) is 80.8 cm³/mol. The smallest absolute Gasteiger partial charge is 0.265 e. The SMILES string of the molecule is CC1CN(S(=O)(=O)c2cccc(C(F)(F)F)c2)c2ccccc21. The first-order valence-electron chi connectivity index (χ1n) is 7.00. The highest BCUT2D eigenvalue weighted by molar-refractivity contribution is 7.92. The number of rotatable bonds is 2. The quantitative estimate of drug-likeness (QED) is 0.827. The number of nitrogens with zero attached hydrogens (tertiary/aromatic N) is 1. The number of hydrogen-bond acceptors (Lipinski definition) is 2. The van der Waals surface area contributed by atoms with Crippen LogP contribution in [0.3, 0.4) is 0 Å². The number of halogens is 3. The van der Waals surface area contributed by atoms with Gasteiger partial charge in [0, 0.05) is 12.5 Å². The van der Waals surface area contributed by atoms with Crippen LogP contribution in [0.2, 0.25) is 0 Å². The maximum atomic E-state index is 12.8. The van der Waals surface area contributed by atoms with Gasteiger partial charge in [0.15, 0.2) is 0 Å². The van der Waals surface area contributed by atoms with Crippen molar-refractivity contribution in [1.29, 1.82) is 0 Å². The van der Waals surface area contributed by atoms with Crippen LogP contribution in [-0.2, 0) is 16.2 Å². The van der Waals surface area contributed by atoms with Gasteiger partial charge in [-0.15, -0.1) is 0 Å². The normalized spacial score (nSPS) is 18.1. The van der Waals surface area contributed by atoms with E-state index in [0.717, 1.165) is 17.7 Å². The molecule has 0 aliphatic carbocycles. The minimum Gasteiger partial charge on any atom is -0.265 e. The van der Waals surface area contributed by atoms with Crippen LogP contribution in [0.4, 0.5) is 18.9 Å². The largest absolute Gasteiger partial charge is 0.416 e. The Morgan fingerprint density at radius 2 is 1.78 bits per heavy atom. The fourth-order valence-electron chi connectivity index (χ4n) is 2.76. The average Bonchev–Trinajstić information content (AvgIpc) is 2.85. The Hall–Kier alpha value is -2.02. The van der Waals surface area contributed by atoms with Gasteiger partial charge in [-0.2, -0.15) is 13.2 Å². The summed E-state index contributed by atoms with van der Waals surface area (Å²) in [5, 5.41) is 0. The van der Waals surface area contributed by atoms with Gasteiger partial charge in [0.2, 0.25) is 0 Å². The molecule has 3 rings (SSSR count). The zero-order valence-corrected chi connectivity index (χ0v) is 13.0. The molecule has 0 spiro atoms. The van der Waals surface area contributed by atoms with Crippen molar-refractivity contribution in [3.63, 3.8) is 0 Å². The number of alkyl halides is 3. The second-order valence-electron chi connectivity index (χ2n) is 5.52. The lowest BCUT2D eigenvalue weighted by atomic mass is 10.0. The summed E-state index contributed by atoms with van der Waals surface area (Å²) in [7, 11) is -4.03. The molecule has 1 unspecified atom stereocenters. The first-order chi connectivity index (χ1) is 10.7. The highest BCUT2D eigenvalue weighted by atomic mass is 32.2. The molecule has 7 heteroatoms. The zero-order chi connectivity index (χ0) is 16.8. The van der Waals surface area contributed by atoms with E-state index in [1.165, 1.54) is 10.4 Å². The Morgan fingerprint density at radius 3 is 2.48 bits per heavy atom. The highest BCUT2D eigenvalue weighted by Gasteiger charge is 2.36. The van der Waals surface area contributed by atoms with Crippen molar-refractivity contribution in [3.05, 3.63) is 59.7 Å². The summed E-state index contributed by atoms with van der Waals surface area (Å²) < 4.78 is 65.2. The molecule has 0 saturated heterocycles. The number of benzene rings is 2. The van der Waals surface area contributed by atoms with Crippen LogP contribution in [0, 0.1) is 0 Å². The molecule has 0 aromatic heterocycles. The number of hydrogen-bond donors (Lipinski definition) is 0. The van der Waals surface area contributed by atoms with Gasteiger partial charge >= 0.3 is 6.18 Å².